The fourth-order valence-corrected chi connectivity index (χ4v) is 1.78. The van der Waals surface area contributed by atoms with E-state index in [-0.39, 0.29) is 18.2 Å². The standard InChI is InChI=1S/C12H14N2O4/c15-12(16)11(13-9-4-5-9)7-8-2-1-3-10(6-8)14(17)18/h1-3,6,9,11,13H,4-5,7H2,(H,15,16). The Balaban J connectivity index is 2.07. The molecule has 1 aliphatic carbocycles. The van der Waals surface area contributed by atoms with Crippen molar-refractivity contribution in [3.8, 4) is 0 Å². The third-order valence-electron chi connectivity index (χ3n) is 2.87. The molecule has 0 saturated heterocycles. The van der Waals surface area contributed by atoms with Gasteiger partial charge in [0, 0.05) is 18.2 Å². The first kappa shape index (κ1) is 12.5. The van der Waals surface area contributed by atoms with Crippen LogP contribution < -0.4 is 5.32 Å². The second kappa shape index (κ2) is 5.14. The Morgan fingerprint density at radius 3 is 2.83 bits per heavy atom. The summed E-state index contributed by atoms with van der Waals surface area (Å²) in [5.74, 6) is -0.923. The number of nitrogens with zero attached hydrogens (tertiary/aromatic N) is 1. The molecule has 0 aliphatic heterocycles. The maximum atomic E-state index is 11.1. The average molecular weight is 250 g/mol. The predicted molar refractivity (Wildman–Crippen MR) is 64.4 cm³/mol. The molecule has 6 heteroatoms. The molecule has 18 heavy (non-hydrogen) atoms. The first-order valence-corrected chi connectivity index (χ1v) is 5.78. The normalized spacial score (nSPS) is 16.2. The molecule has 1 aromatic carbocycles. The number of aliphatic carboxylic acids is 1. The minimum atomic E-state index is -0.923. The predicted octanol–water partition coefficient (Wildman–Crippen LogP) is 1.34. The molecular weight excluding hydrogens is 236 g/mol. The maximum absolute atomic E-state index is 11.1. The van der Waals surface area contributed by atoms with Gasteiger partial charge in [-0.1, -0.05) is 12.1 Å². The number of carboxylic acid groups (broad SMARTS) is 1. The summed E-state index contributed by atoms with van der Waals surface area (Å²) < 4.78 is 0. The van der Waals surface area contributed by atoms with Gasteiger partial charge >= 0.3 is 5.97 Å². The van der Waals surface area contributed by atoms with Gasteiger partial charge < -0.3 is 10.4 Å². The molecule has 1 aromatic rings. The Morgan fingerprint density at radius 1 is 1.56 bits per heavy atom. The summed E-state index contributed by atoms with van der Waals surface area (Å²) in [4.78, 5) is 21.2. The van der Waals surface area contributed by atoms with Crippen molar-refractivity contribution in [3.63, 3.8) is 0 Å². The number of nitro groups is 1. The highest BCUT2D eigenvalue weighted by Crippen LogP contribution is 2.21. The SMILES string of the molecule is O=C(O)C(Cc1cccc([N+](=O)[O-])c1)NC1CC1. The average Bonchev–Trinajstić information content (AvgIpc) is 3.12. The van der Waals surface area contributed by atoms with Crippen molar-refractivity contribution < 1.29 is 14.8 Å². The summed E-state index contributed by atoms with van der Waals surface area (Å²) in [5.41, 5.74) is 0.646. The van der Waals surface area contributed by atoms with E-state index in [0.717, 1.165) is 12.8 Å². The number of carboxylic acids is 1. The largest absolute Gasteiger partial charge is 0.480 e. The Bertz CT molecular complexity index is 471. The van der Waals surface area contributed by atoms with Crippen LogP contribution >= 0.6 is 0 Å². The first-order valence-electron chi connectivity index (χ1n) is 5.78. The molecule has 1 aliphatic rings. The van der Waals surface area contributed by atoms with E-state index in [1.54, 1.807) is 12.1 Å². The van der Waals surface area contributed by atoms with Crippen LogP contribution in [0.15, 0.2) is 24.3 Å². The molecule has 1 fully saturated rings. The summed E-state index contributed by atoms with van der Waals surface area (Å²) in [5, 5.41) is 22.7. The van der Waals surface area contributed by atoms with Gasteiger partial charge in [0.25, 0.3) is 5.69 Å². The Morgan fingerprint density at radius 2 is 2.28 bits per heavy atom. The third-order valence-corrected chi connectivity index (χ3v) is 2.87. The fraction of sp³-hybridized carbons (Fsp3) is 0.417. The molecule has 0 amide bonds. The molecule has 0 heterocycles. The quantitative estimate of drug-likeness (QED) is 0.587. The van der Waals surface area contributed by atoms with Crippen LogP contribution in [0.4, 0.5) is 5.69 Å². The zero-order valence-electron chi connectivity index (χ0n) is 9.70. The van der Waals surface area contributed by atoms with Gasteiger partial charge in [-0.15, -0.1) is 0 Å². The molecule has 0 bridgehead atoms. The summed E-state index contributed by atoms with van der Waals surface area (Å²) in [7, 11) is 0. The van der Waals surface area contributed by atoms with Gasteiger partial charge in [-0.3, -0.25) is 14.9 Å². The number of hydrogen-bond acceptors (Lipinski definition) is 4. The number of carbonyl (C=O) groups is 1. The van der Waals surface area contributed by atoms with E-state index in [1.165, 1.54) is 12.1 Å². The van der Waals surface area contributed by atoms with Crippen LogP contribution in [0.25, 0.3) is 0 Å². The number of nitrogens with one attached hydrogen (secondary N) is 1. The van der Waals surface area contributed by atoms with Crippen LogP contribution in [-0.2, 0) is 11.2 Å². The van der Waals surface area contributed by atoms with Gasteiger partial charge in [0.2, 0.25) is 0 Å². The highest BCUT2D eigenvalue weighted by molar-refractivity contribution is 5.74. The van der Waals surface area contributed by atoms with Crippen LogP contribution in [0, 0.1) is 10.1 Å². The van der Waals surface area contributed by atoms with Crippen LogP contribution in [0.2, 0.25) is 0 Å². The Labute approximate surface area is 104 Å². The third kappa shape index (κ3) is 3.27. The minimum Gasteiger partial charge on any atom is -0.480 e. The van der Waals surface area contributed by atoms with E-state index in [2.05, 4.69) is 5.32 Å². The lowest BCUT2D eigenvalue weighted by Gasteiger charge is -2.13. The van der Waals surface area contributed by atoms with E-state index < -0.39 is 16.9 Å². The molecule has 0 spiro atoms. The number of rotatable bonds is 6. The van der Waals surface area contributed by atoms with E-state index in [4.69, 9.17) is 5.11 Å². The van der Waals surface area contributed by atoms with Crippen molar-refractivity contribution in [2.75, 3.05) is 0 Å². The maximum Gasteiger partial charge on any atom is 0.321 e. The number of non-ortho nitro benzene ring substituents is 1. The lowest BCUT2D eigenvalue weighted by atomic mass is 10.1. The van der Waals surface area contributed by atoms with E-state index in [0.29, 0.717) is 5.56 Å². The van der Waals surface area contributed by atoms with Crippen molar-refractivity contribution in [2.45, 2.75) is 31.3 Å². The molecule has 0 aromatic heterocycles. The molecule has 0 radical (unpaired) electrons. The van der Waals surface area contributed by atoms with E-state index in [1.807, 2.05) is 0 Å². The van der Waals surface area contributed by atoms with Crippen LogP contribution in [0.3, 0.4) is 0 Å². The number of hydrogen-bond donors (Lipinski definition) is 2. The zero-order valence-corrected chi connectivity index (χ0v) is 9.70. The molecule has 1 saturated carbocycles. The van der Waals surface area contributed by atoms with Crippen molar-refractivity contribution in [1.29, 1.82) is 0 Å². The molecule has 1 unspecified atom stereocenters. The van der Waals surface area contributed by atoms with Crippen molar-refractivity contribution in [3.05, 3.63) is 39.9 Å². The van der Waals surface area contributed by atoms with Crippen LogP contribution in [0.1, 0.15) is 18.4 Å². The molecule has 96 valence electrons. The monoisotopic (exact) mass is 250 g/mol. The van der Waals surface area contributed by atoms with E-state index >= 15 is 0 Å². The second-order valence-electron chi connectivity index (χ2n) is 4.46. The summed E-state index contributed by atoms with van der Waals surface area (Å²) in [6, 6.07) is 5.70. The van der Waals surface area contributed by atoms with E-state index in [9.17, 15) is 14.9 Å². The van der Waals surface area contributed by atoms with Crippen molar-refractivity contribution >= 4 is 11.7 Å². The highest BCUT2D eigenvalue weighted by atomic mass is 16.6. The van der Waals surface area contributed by atoms with Gasteiger partial charge in [-0.2, -0.15) is 0 Å². The summed E-state index contributed by atoms with van der Waals surface area (Å²) >= 11 is 0. The summed E-state index contributed by atoms with van der Waals surface area (Å²) in [6.07, 6.45) is 2.25. The van der Waals surface area contributed by atoms with Crippen molar-refractivity contribution in [1.82, 2.24) is 5.32 Å². The van der Waals surface area contributed by atoms with Crippen LogP contribution in [0.5, 0.6) is 0 Å². The lowest BCUT2D eigenvalue weighted by molar-refractivity contribution is -0.384. The van der Waals surface area contributed by atoms with Gasteiger partial charge in [0.05, 0.1) is 4.92 Å². The molecule has 1 atom stereocenters. The molecule has 2 rings (SSSR count). The van der Waals surface area contributed by atoms with Crippen molar-refractivity contribution in [2.24, 2.45) is 0 Å². The minimum absolute atomic E-state index is 0.0111. The lowest BCUT2D eigenvalue weighted by Crippen LogP contribution is -2.39. The number of benzene rings is 1. The van der Waals surface area contributed by atoms with Gasteiger partial charge in [-0.25, -0.2) is 0 Å². The van der Waals surface area contributed by atoms with Gasteiger partial charge in [0.15, 0.2) is 0 Å². The Kier molecular flexibility index (Phi) is 3.57. The smallest absolute Gasteiger partial charge is 0.321 e. The summed E-state index contributed by atoms with van der Waals surface area (Å²) in [6.45, 7) is 0. The second-order valence-corrected chi connectivity index (χ2v) is 4.46. The Hall–Kier alpha value is -1.95. The zero-order chi connectivity index (χ0) is 13.1. The van der Waals surface area contributed by atoms with Crippen LogP contribution in [-0.4, -0.2) is 28.1 Å². The number of nitro benzene ring substituents is 1. The van der Waals surface area contributed by atoms with Gasteiger partial charge in [0.1, 0.15) is 6.04 Å². The van der Waals surface area contributed by atoms with Gasteiger partial charge in [-0.05, 0) is 24.8 Å². The molecule has 2 N–H and O–H groups in total. The molecular formula is C12H14N2O4. The fourth-order valence-electron chi connectivity index (χ4n) is 1.78. The molecule has 6 nitrogen and oxygen atoms in total. The topological polar surface area (TPSA) is 92.5 Å². The highest BCUT2D eigenvalue weighted by Gasteiger charge is 2.28. The first-order chi connectivity index (χ1) is 8.56.